The van der Waals surface area contributed by atoms with Crippen molar-refractivity contribution in [2.45, 2.75) is 6.54 Å². The summed E-state index contributed by atoms with van der Waals surface area (Å²) < 4.78 is 0. The first kappa shape index (κ1) is 11.2. The number of hydrogen-bond donors (Lipinski definition) is 1. The maximum Gasteiger partial charge on any atom is 0.0721 e. The summed E-state index contributed by atoms with van der Waals surface area (Å²) in [5, 5.41) is 4.46. The van der Waals surface area contributed by atoms with E-state index in [4.69, 9.17) is 23.2 Å². The van der Waals surface area contributed by atoms with Gasteiger partial charge in [-0.1, -0.05) is 29.3 Å². The number of hydrogen-bond acceptors (Lipinski definition) is 2. The van der Waals surface area contributed by atoms with Crippen LogP contribution in [-0.2, 0) is 6.54 Å². The highest BCUT2D eigenvalue weighted by molar-refractivity contribution is 6.39. The summed E-state index contributed by atoms with van der Waals surface area (Å²) >= 11 is 12.1. The van der Waals surface area contributed by atoms with Gasteiger partial charge in [0.15, 0.2) is 0 Å². The zero-order valence-electron chi connectivity index (χ0n) is 8.45. The van der Waals surface area contributed by atoms with Gasteiger partial charge in [0.1, 0.15) is 0 Å². The molecular formula is C12H10Cl2N2. The lowest BCUT2D eigenvalue weighted by molar-refractivity contribution is 1.13. The third-order valence-electron chi connectivity index (χ3n) is 2.18. The van der Waals surface area contributed by atoms with Crippen molar-refractivity contribution in [3.05, 3.63) is 58.3 Å². The zero-order valence-corrected chi connectivity index (χ0v) is 9.96. The molecule has 2 aromatic rings. The molecule has 0 aliphatic carbocycles. The highest BCUT2D eigenvalue weighted by Gasteiger charge is 2.04. The van der Waals surface area contributed by atoms with Crippen molar-refractivity contribution in [1.29, 1.82) is 0 Å². The van der Waals surface area contributed by atoms with E-state index < -0.39 is 0 Å². The fourth-order valence-corrected chi connectivity index (χ4v) is 1.89. The average molecular weight is 253 g/mol. The Bertz CT molecular complexity index is 451. The molecule has 0 aliphatic rings. The first-order chi connectivity index (χ1) is 7.77. The Labute approximate surface area is 104 Å². The maximum atomic E-state index is 6.04. The molecule has 2 rings (SSSR count). The van der Waals surface area contributed by atoms with Gasteiger partial charge in [0.2, 0.25) is 0 Å². The molecule has 0 saturated carbocycles. The van der Waals surface area contributed by atoms with Crippen LogP contribution in [0.3, 0.4) is 0 Å². The summed E-state index contributed by atoms with van der Waals surface area (Å²) in [5.41, 5.74) is 1.90. The number of para-hydroxylation sites is 1. The molecule has 1 N–H and O–H groups in total. The van der Waals surface area contributed by atoms with E-state index in [-0.39, 0.29) is 0 Å². The number of anilines is 1. The van der Waals surface area contributed by atoms with Gasteiger partial charge in [0, 0.05) is 18.9 Å². The monoisotopic (exact) mass is 252 g/mol. The lowest BCUT2D eigenvalue weighted by Crippen LogP contribution is -2.00. The van der Waals surface area contributed by atoms with E-state index >= 15 is 0 Å². The van der Waals surface area contributed by atoms with Crippen molar-refractivity contribution in [2.24, 2.45) is 0 Å². The first-order valence-electron chi connectivity index (χ1n) is 4.84. The van der Waals surface area contributed by atoms with Gasteiger partial charge in [-0.25, -0.2) is 0 Å². The predicted molar refractivity (Wildman–Crippen MR) is 68.0 cm³/mol. The number of pyridine rings is 1. The van der Waals surface area contributed by atoms with Crippen LogP contribution >= 0.6 is 23.2 Å². The van der Waals surface area contributed by atoms with Gasteiger partial charge in [0.25, 0.3) is 0 Å². The van der Waals surface area contributed by atoms with Crippen molar-refractivity contribution < 1.29 is 0 Å². The topological polar surface area (TPSA) is 24.9 Å². The van der Waals surface area contributed by atoms with E-state index in [9.17, 15) is 0 Å². The van der Waals surface area contributed by atoms with Crippen molar-refractivity contribution in [1.82, 2.24) is 4.98 Å². The predicted octanol–water partition coefficient (Wildman–Crippen LogP) is 4.00. The fraction of sp³-hybridized carbons (Fsp3) is 0.0833. The van der Waals surface area contributed by atoms with E-state index in [1.165, 1.54) is 0 Å². The van der Waals surface area contributed by atoms with Gasteiger partial charge in [-0.15, -0.1) is 0 Å². The summed E-state index contributed by atoms with van der Waals surface area (Å²) in [7, 11) is 0. The van der Waals surface area contributed by atoms with Crippen LogP contribution in [0, 0.1) is 0 Å². The van der Waals surface area contributed by atoms with Gasteiger partial charge in [-0.2, -0.15) is 0 Å². The Morgan fingerprint density at radius 1 is 1.00 bits per heavy atom. The average Bonchev–Trinajstić information content (AvgIpc) is 2.30. The molecule has 0 atom stereocenters. The Balaban J connectivity index is 2.11. The minimum absolute atomic E-state index is 0.626. The minimum atomic E-state index is 0.626. The third kappa shape index (κ3) is 2.65. The largest absolute Gasteiger partial charge is 0.379 e. The molecule has 82 valence electrons. The summed E-state index contributed by atoms with van der Waals surface area (Å²) in [6, 6.07) is 9.32. The third-order valence-corrected chi connectivity index (χ3v) is 2.81. The van der Waals surface area contributed by atoms with Crippen LogP contribution in [0.5, 0.6) is 0 Å². The van der Waals surface area contributed by atoms with Crippen molar-refractivity contribution in [2.75, 3.05) is 5.32 Å². The van der Waals surface area contributed by atoms with Crippen LogP contribution in [0.25, 0.3) is 0 Å². The molecule has 4 heteroatoms. The second-order valence-corrected chi connectivity index (χ2v) is 4.12. The van der Waals surface area contributed by atoms with E-state index in [1.807, 2.05) is 30.3 Å². The van der Waals surface area contributed by atoms with Crippen LogP contribution in [0.15, 0.2) is 42.7 Å². The highest BCUT2D eigenvalue weighted by atomic mass is 35.5. The smallest absolute Gasteiger partial charge is 0.0721 e. The molecule has 0 saturated heterocycles. The molecule has 0 aliphatic heterocycles. The molecule has 0 unspecified atom stereocenters. The Morgan fingerprint density at radius 3 is 2.25 bits per heavy atom. The van der Waals surface area contributed by atoms with Gasteiger partial charge >= 0.3 is 0 Å². The molecule has 1 heterocycles. The number of nitrogens with zero attached hydrogens (tertiary/aromatic N) is 1. The van der Waals surface area contributed by atoms with Crippen LogP contribution in [-0.4, -0.2) is 4.98 Å². The zero-order chi connectivity index (χ0) is 11.4. The number of aromatic nitrogens is 1. The maximum absolute atomic E-state index is 6.04. The molecule has 0 bridgehead atoms. The standard InChI is InChI=1S/C12H10Cl2N2/c13-10-2-1-3-11(14)12(10)16-8-9-4-6-15-7-5-9/h1-7,16H,8H2. The van der Waals surface area contributed by atoms with Gasteiger partial charge in [-0.3, -0.25) is 4.98 Å². The Morgan fingerprint density at radius 2 is 1.62 bits per heavy atom. The molecule has 0 radical (unpaired) electrons. The molecular weight excluding hydrogens is 243 g/mol. The van der Waals surface area contributed by atoms with Crippen molar-refractivity contribution in [3.8, 4) is 0 Å². The Hall–Kier alpha value is -1.25. The Kier molecular flexibility index (Phi) is 3.65. The summed E-state index contributed by atoms with van der Waals surface area (Å²) in [5.74, 6) is 0. The summed E-state index contributed by atoms with van der Waals surface area (Å²) in [6.07, 6.45) is 3.51. The molecule has 0 fully saturated rings. The van der Waals surface area contributed by atoms with Gasteiger partial charge in [-0.05, 0) is 29.8 Å². The van der Waals surface area contributed by atoms with Crippen LogP contribution in [0.1, 0.15) is 5.56 Å². The minimum Gasteiger partial charge on any atom is -0.379 e. The molecule has 0 spiro atoms. The fourth-order valence-electron chi connectivity index (χ4n) is 1.36. The first-order valence-corrected chi connectivity index (χ1v) is 5.60. The van der Waals surface area contributed by atoms with E-state index in [1.54, 1.807) is 12.4 Å². The van der Waals surface area contributed by atoms with Gasteiger partial charge in [0.05, 0.1) is 15.7 Å². The lowest BCUT2D eigenvalue weighted by Gasteiger charge is -2.09. The van der Waals surface area contributed by atoms with E-state index in [2.05, 4.69) is 10.3 Å². The second-order valence-electron chi connectivity index (χ2n) is 3.31. The van der Waals surface area contributed by atoms with E-state index in [0.29, 0.717) is 16.6 Å². The van der Waals surface area contributed by atoms with Crippen LogP contribution < -0.4 is 5.32 Å². The normalized spacial score (nSPS) is 10.1. The van der Waals surface area contributed by atoms with Crippen molar-refractivity contribution >= 4 is 28.9 Å². The quantitative estimate of drug-likeness (QED) is 0.894. The number of nitrogens with one attached hydrogen (secondary N) is 1. The number of benzene rings is 1. The van der Waals surface area contributed by atoms with Gasteiger partial charge < -0.3 is 5.32 Å². The molecule has 0 amide bonds. The summed E-state index contributed by atoms with van der Waals surface area (Å²) in [6.45, 7) is 0.673. The molecule has 16 heavy (non-hydrogen) atoms. The highest BCUT2D eigenvalue weighted by Crippen LogP contribution is 2.30. The lowest BCUT2D eigenvalue weighted by atomic mass is 10.2. The second kappa shape index (κ2) is 5.19. The molecule has 2 nitrogen and oxygen atoms in total. The van der Waals surface area contributed by atoms with Crippen LogP contribution in [0.4, 0.5) is 5.69 Å². The number of rotatable bonds is 3. The summed E-state index contributed by atoms with van der Waals surface area (Å²) in [4.78, 5) is 3.96. The SMILES string of the molecule is Clc1cccc(Cl)c1NCc1ccncc1. The number of halogens is 2. The van der Waals surface area contributed by atoms with Crippen LogP contribution in [0.2, 0.25) is 10.0 Å². The van der Waals surface area contributed by atoms with Crippen molar-refractivity contribution in [3.63, 3.8) is 0 Å². The van der Waals surface area contributed by atoms with E-state index in [0.717, 1.165) is 11.3 Å². The molecule has 1 aromatic carbocycles. The molecule has 1 aromatic heterocycles.